The van der Waals surface area contributed by atoms with Crippen LogP contribution in [0, 0.1) is 0 Å². The summed E-state index contributed by atoms with van der Waals surface area (Å²) in [6.07, 6.45) is 0. The molecule has 0 amide bonds. The molecule has 20 heavy (non-hydrogen) atoms. The summed E-state index contributed by atoms with van der Waals surface area (Å²) in [4.78, 5) is 4.52. The van der Waals surface area contributed by atoms with Crippen LogP contribution in [0.25, 0.3) is 0 Å². The van der Waals surface area contributed by atoms with Crippen molar-refractivity contribution in [1.29, 1.82) is 0 Å². The Morgan fingerprint density at radius 3 is 2.45 bits per heavy atom. The summed E-state index contributed by atoms with van der Waals surface area (Å²) in [5, 5.41) is 0. The topological polar surface area (TPSA) is 22.1 Å². The van der Waals surface area contributed by atoms with Gasteiger partial charge in [-0.25, -0.2) is 4.98 Å². The minimum absolute atomic E-state index is 0.355. The molecule has 0 spiro atoms. The van der Waals surface area contributed by atoms with E-state index in [4.69, 9.17) is 16.3 Å². The maximum absolute atomic E-state index is 5.92. The molecule has 0 unspecified atom stereocenters. The second-order valence-electron chi connectivity index (χ2n) is 4.94. The van der Waals surface area contributed by atoms with Crippen molar-refractivity contribution in [2.24, 2.45) is 0 Å². The number of aromatic nitrogens is 1. The van der Waals surface area contributed by atoms with E-state index in [-0.39, 0.29) is 0 Å². The number of nitrogens with zero attached hydrogens (tertiary/aromatic N) is 1. The number of ether oxygens (including phenoxy) is 1. The standard InChI is InChI=1S/C16H17BrClNO/c1-11(2)15-7-13(9-18)8-16(19-15)20-10-12-3-5-14(17)6-4-12/h3-8,11H,9-10H2,1-2H3. The van der Waals surface area contributed by atoms with E-state index in [1.165, 1.54) is 0 Å². The van der Waals surface area contributed by atoms with Gasteiger partial charge in [0.05, 0.1) is 0 Å². The number of pyridine rings is 1. The molecular weight excluding hydrogens is 338 g/mol. The second kappa shape index (κ2) is 7.09. The molecule has 0 fully saturated rings. The van der Waals surface area contributed by atoms with E-state index in [0.29, 0.717) is 24.3 Å². The van der Waals surface area contributed by atoms with Crippen molar-refractivity contribution in [2.75, 3.05) is 0 Å². The van der Waals surface area contributed by atoms with Crippen LogP contribution in [0.3, 0.4) is 0 Å². The van der Waals surface area contributed by atoms with Gasteiger partial charge in [0.1, 0.15) is 6.61 Å². The van der Waals surface area contributed by atoms with E-state index < -0.39 is 0 Å². The lowest BCUT2D eigenvalue weighted by atomic mass is 10.1. The molecule has 1 aromatic carbocycles. The lowest BCUT2D eigenvalue weighted by molar-refractivity contribution is 0.292. The predicted octanol–water partition coefficient (Wildman–Crippen LogP) is 5.29. The smallest absolute Gasteiger partial charge is 0.214 e. The fraction of sp³-hybridized carbons (Fsp3) is 0.312. The van der Waals surface area contributed by atoms with Crippen LogP contribution < -0.4 is 4.74 Å². The molecule has 106 valence electrons. The number of halogens is 2. The van der Waals surface area contributed by atoms with Crippen LogP contribution in [0.15, 0.2) is 40.9 Å². The number of hydrogen-bond acceptors (Lipinski definition) is 2. The minimum Gasteiger partial charge on any atom is -0.473 e. The van der Waals surface area contributed by atoms with E-state index in [1.807, 2.05) is 36.4 Å². The molecule has 1 heterocycles. The zero-order chi connectivity index (χ0) is 14.5. The molecule has 0 aliphatic rings. The molecule has 0 radical (unpaired) electrons. The van der Waals surface area contributed by atoms with E-state index in [1.54, 1.807) is 0 Å². The maximum Gasteiger partial charge on any atom is 0.214 e. The first-order valence-electron chi connectivity index (χ1n) is 6.52. The van der Waals surface area contributed by atoms with E-state index in [0.717, 1.165) is 21.3 Å². The minimum atomic E-state index is 0.355. The Kier molecular flexibility index (Phi) is 5.44. The molecule has 2 nitrogen and oxygen atoms in total. The summed E-state index contributed by atoms with van der Waals surface area (Å²) >= 11 is 9.34. The van der Waals surface area contributed by atoms with Crippen molar-refractivity contribution < 1.29 is 4.74 Å². The van der Waals surface area contributed by atoms with Crippen LogP contribution in [0.5, 0.6) is 5.88 Å². The third-order valence-electron chi connectivity index (χ3n) is 2.93. The molecule has 4 heteroatoms. The Morgan fingerprint density at radius 2 is 1.85 bits per heavy atom. The summed E-state index contributed by atoms with van der Waals surface area (Å²) in [5.41, 5.74) is 3.16. The summed E-state index contributed by atoms with van der Waals surface area (Å²) < 4.78 is 6.84. The molecule has 2 rings (SSSR count). The Hall–Kier alpha value is -1.06. The van der Waals surface area contributed by atoms with Crippen molar-refractivity contribution in [3.8, 4) is 5.88 Å². The van der Waals surface area contributed by atoms with Crippen molar-refractivity contribution >= 4 is 27.5 Å². The lowest BCUT2D eigenvalue weighted by Gasteiger charge is -2.11. The molecular formula is C16H17BrClNO. The fourth-order valence-electron chi connectivity index (χ4n) is 1.77. The second-order valence-corrected chi connectivity index (χ2v) is 6.12. The van der Waals surface area contributed by atoms with Gasteiger partial charge in [-0.2, -0.15) is 0 Å². The van der Waals surface area contributed by atoms with Crippen LogP contribution in [-0.4, -0.2) is 4.98 Å². The van der Waals surface area contributed by atoms with Gasteiger partial charge in [0.25, 0.3) is 0 Å². The summed E-state index contributed by atoms with van der Waals surface area (Å²) in [5.74, 6) is 1.46. The molecule has 1 aromatic heterocycles. The normalized spacial score (nSPS) is 10.8. The number of benzene rings is 1. The molecule has 0 saturated heterocycles. The lowest BCUT2D eigenvalue weighted by Crippen LogP contribution is -2.01. The van der Waals surface area contributed by atoms with Gasteiger partial charge >= 0.3 is 0 Å². The van der Waals surface area contributed by atoms with Gasteiger partial charge in [0, 0.05) is 22.1 Å². The molecule has 0 bridgehead atoms. The van der Waals surface area contributed by atoms with E-state index >= 15 is 0 Å². The molecule has 0 aliphatic carbocycles. The van der Waals surface area contributed by atoms with Gasteiger partial charge in [-0.05, 0) is 35.2 Å². The fourth-order valence-corrected chi connectivity index (χ4v) is 2.19. The van der Waals surface area contributed by atoms with Gasteiger partial charge in [0.2, 0.25) is 5.88 Å². The van der Waals surface area contributed by atoms with E-state index in [2.05, 4.69) is 34.8 Å². The van der Waals surface area contributed by atoms with Crippen LogP contribution >= 0.6 is 27.5 Å². The van der Waals surface area contributed by atoms with Gasteiger partial charge < -0.3 is 4.74 Å². The Balaban J connectivity index is 2.12. The van der Waals surface area contributed by atoms with Gasteiger partial charge in [-0.3, -0.25) is 0 Å². The summed E-state index contributed by atoms with van der Waals surface area (Å²) in [6.45, 7) is 4.72. The van der Waals surface area contributed by atoms with Gasteiger partial charge in [-0.15, -0.1) is 11.6 Å². The van der Waals surface area contributed by atoms with Gasteiger partial charge in [-0.1, -0.05) is 41.9 Å². The van der Waals surface area contributed by atoms with Crippen LogP contribution in [0.4, 0.5) is 0 Å². The first kappa shape index (κ1) is 15.3. The monoisotopic (exact) mass is 353 g/mol. The first-order chi connectivity index (χ1) is 9.58. The van der Waals surface area contributed by atoms with Crippen molar-refractivity contribution in [3.05, 3.63) is 57.7 Å². The number of hydrogen-bond donors (Lipinski definition) is 0. The predicted molar refractivity (Wildman–Crippen MR) is 86.4 cm³/mol. The highest BCUT2D eigenvalue weighted by Crippen LogP contribution is 2.21. The number of alkyl halides is 1. The Bertz CT molecular complexity index is 569. The summed E-state index contributed by atoms with van der Waals surface area (Å²) in [6, 6.07) is 12.0. The Labute approximate surface area is 133 Å². The highest BCUT2D eigenvalue weighted by atomic mass is 79.9. The SMILES string of the molecule is CC(C)c1cc(CCl)cc(OCc2ccc(Br)cc2)n1. The number of rotatable bonds is 5. The first-order valence-corrected chi connectivity index (χ1v) is 7.85. The molecule has 0 aliphatic heterocycles. The third kappa shape index (κ3) is 4.22. The quantitative estimate of drug-likeness (QED) is 0.681. The largest absolute Gasteiger partial charge is 0.473 e. The molecule has 0 saturated carbocycles. The van der Waals surface area contributed by atoms with Crippen LogP contribution in [0.1, 0.15) is 36.6 Å². The molecule has 0 atom stereocenters. The third-order valence-corrected chi connectivity index (χ3v) is 3.76. The Morgan fingerprint density at radius 1 is 1.15 bits per heavy atom. The maximum atomic E-state index is 5.92. The van der Waals surface area contributed by atoms with Crippen molar-refractivity contribution in [2.45, 2.75) is 32.3 Å². The summed E-state index contributed by atoms with van der Waals surface area (Å²) in [7, 11) is 0. The molecule has 0 N–H and O–H groups in total. The van der Waals surface area contributed by atoms with Crippen LogP contribution in [0.2, 0.25) is 0 Å². The van der Waals surface area contributed by atoms with Gasteiger partial charge in [0.15, 0.2) is 0 Å². The highest BCUT2D eigenvalue weighted by molar-refractivity contribution is 9.10. The average molecular weight is 355 g/mol. The van der Waals surface area contributed by atoms with Crippen LogP contribution in [-0.2, 0) is 12.5 Å². The van der Waals surface area contributed by atoms with E-state index in [9.17, 15) is 0 Å². The zero-order valence-electron chi connectivity index (χ0n) is 11.6. The average Bonchev–Trinajstić information content (AvgIpc) is 2.46. The molecule has 2 aromatic rings. The van der Waals surface area contributed by atoms with Crippen molar-refractivity contribution in [1.82, 2.24) is 4.98 Å². The highest BCUT2D eigenvalue weighted by Gasteiger charge is 2.07. The zero-order valence-corrected chi connectivity index (χ0v) is 13.9. The van der Waals surface area contributed by atoms with Crippen molar-refractivity contribution in [3.63, 3.8) is 0 Å².